The number of carbonyl (C=O) groups excluding carboxylic acids is 1. The highest BCUT2D eigenvalue weighted by atomic mass is 16.3. The van der Waals surface area contributed by atoms with Crippen LogP contribution in [0.15, 0.2) is 60.8 Å². The molecule has 1 amide bonds. The molecule has 0 aromatic heterocycles. The fraction of sp³-hybridized carbons (Fsp3) is 0.823. The van der Waals surface area contributed by atoms with Gasteiger partial charge in [0.25, 0.3) is 0 Å². The van der Waals surface area contributed by atoms with E-state index in [-0.39, 0.29) is 0 Å². The van der Waals surface area contributed by atoms with Gasteiger partial charge < -0.3 is 25.7 Å². The zero-order chi connectivity index (χ0) is 49.5. The first-order valence-corrected chi connectivity index (χ1v) is 29.7. The lowest BCUT2D eigenvalue weighted by Gasteiger charge is -2.27. The van der Waals surface area contributed by atoms with Crippen LogP contribution in [-0.4, -0.2) is 57.3 Å². The summed E-state index contributed by atoms with van der Waals surface area (Å²) in [4.78, 5) is 12.6. The van der Waals surface area contributed by atoms with E-state index in [9.17, 15) is 25.2 Å². The molecule has 0 saturated carbocycles. The molecule has 0 aromatic rings. The number of amides is 1. The smallest absolute Gasteiger partial charge is 0.249 e. The van der Waals surface area contributed by atoms with Gasteiger partial charge in [0.2, 0.25) is 5.91 Å². The zero-order valence-corrected chi connectivity index (χ0v) is 45.1. The van der Waals surface area contributed by atoms with Crippen LogP contribution >= 0.6 is 0 Å². The van der Waals surface area contributed by atoms with Crippen molar-refractivity contribution in [1.82, 2.24) is 5.32 Å². The van der Waals surface area contributed by atoms with Crippen LogP contribution in [-0.2, 0) is 4.79 Å². The molecule has 0 radical (unpaired) electrons. The number of hydrogen-bond acceptors (Lipinski definition) is 5. The van der Waals surface area contributed by atoms with Crippen LogP contribution in [0.2, 0.25) is 0 Å². The van der Waals surface area contributed by atoms with E-state index in [4.69, 9.17) is 0 Å². The van der Waals surface area contributed by atoms with Crippen molar-refractivity contribution in [3.05, 3.63) is 60.8 Å². The van der Waals surface area contributed by atoms with Crippen molar-refractivity contribution in [3.8, 4) is 0 Å². The number of rotatable bonds is 54. The lowest BCUT2D eigenvalue weighted by molar-refractivity contribution is -0.132. The maximum absolute atomic E-state index is 12.6. The molecule has 0 aliphatic carbocycles. The first-order valence-electron chi connectivity index (χ1n) is 29.7. The minimum atomic E-state index is -1.30. The van der Waals surface area contributed by atoms with Crippen LogP contribution in [0.4, 0.5) is 0 Å². The van der Waals surface area contributed by atoms with E-state index in [0.29, 0.717) is 19.3 Å². The van der Waals surface area contributed by atoms with E-state index >= 15 is 0 Å². The van der Waals surface area contributed by atoms with E-state index in [1.54, 1.807) is 0 Å². The van der Waals surface area contributed by atoms with Crippen LogP contribution in [0, 0.1) is 0 Å². The van der Waals surface area contributed by atoms with Crippen molar-refractivity contribution in [2.75, 3.05) is 6.61 Å². The summed E-state index contributed by atoms with van der Waals surface area (Å²) in [5, 5.41) is 43.9. The van der Waals surface area contributed by atoms with Crippen LogP contribution in [0.5, 0.6) is 0 Å². The van der Waals surface area contributed by atoms with Gasteiger partial charge >= 0.3 is 0 Å². The summed E-state index contributed by atoms with van der Waals surface area (Å²) in [5.74, 6) is -0.598. The third-order valence-corrected chi connectivity index (χ3v) is 13.7. The predicted octanol–water partition coefficient (Wildman–Crippen LogP) is 17.5. The standard InChI is InChI=1S/C62H115NO5/c1-3-5-7-9-11-13-15-17-19-21-23-24-25-26-27-28-29-30-31-32-33-34-35-36-37-38-40-42-44-46-48-50-52-54-56-60(66)62(68)63-58(57-64)61(67)59(65)55-53-51-49-47-45-43-41-39-22-20-18-16-14-12-10-8-6-4-2/h16,18,25-26,28-29,39,41,47,49,58-61,64-67H,3-15,17,19-24,27,30-38,40,42-46,48,50-57H2,1-2H3,(H,63,68)/b18-16+,26-25-,29-28-,41-39+,49-47+. The molecule has 68 heavy (non-hydrogen) atoms. The van der Waals surface area contributed by atoms with E-state index in [2.05, 4.69) is 79.9 Å². The fourth-order valence-corrected chi connectivity index (χ4v) is 9.00. The molecule has 4 unspecified atom stereocenters. The molecular weight excluding hydrogens is 839 g/mol. The van der Waals surface area contributed by atoms with E-state index in [1.165, 1.54) is 205 Å². The Morgan fingerprint density at radius 1 is 0.368 bits per heavy atom. The minimum absolute atomic E-state index is 0.358. The second kappa shape index (κ2) is 55.9. The number of carbonyl (C=O) groups is 1. The summed E-state index contributed by atoms with van der Waals surface area (Å²) in [6, 6.07) is -1.01. The highest BCUT2D eigenvalue weighted by Crippen LogP contribution is 2.17. The molecule has 398 valence electrons. The molecule has 6 nitrogen and oxygen atoms in total. The van der Waals surface area contributed by atoms with Gasteiger partial charge in [-0.3, -0.25) is 4.79 Å². The normalized spacial score (nSPS) is 14.1. The van der Waals surface area contributed by atoms with E-state index in [0.717, 1.165) is 57.8 Å². The summed E-state index contributed by atoms with van der Waals surface area (Å²) in [5.41, 5.74) is 0. The fourth-order valence-electron chi connectivity index (χ4n) is 9.00. The lowest BCUT2D eigenvalue weighted by Crippen LogP contribution is -2.53. The number of unbranched alkanes of at least 4 members (excludes halogenated alkanes) is 35. The monoisotopic (exact) mass is 954 g/mol. The summed E-state index contributed by atoms with van der Waals surface area (Å²) < 4.78 is 0. The zero-order valence-electron chi connectivity index (χ0n) is 45.1. The molecule has 0 fully saturated rings. The first kappa shape index (κ1) is 66.0. The summed E-state index contributed by atoms with van der Waals surface area (Å²) in [6.45, 7) is 4.04. The minimum Gasteiger partial charge on any atom is -0.394 e. The van der Waals surface area contributed by atoms with E-state index in [1.807, 2.05) is 0 Å². The van der Waals surface area contributed by atoms with Crippen molar-refractivity contribution in [3.63, 3.8) is 0 Å². The van der Waals surface area contributed by atoms with Gasteiger partial charge in [-0.25, -0.2) is 0 Å². The maximum Gasteiger partial charge on any atom is 0.249 e. The molecular formula is C62H115NO5. The van der Waals surface area contributed by atoms with Crippen LogP contribution < -0.4 is 5.32 Å². The molecule has 0 spiro atoms. The number of allylic oxidation sites excluding steroid dienone is 10. The average Bonchev–Trinajstić information content (AvgIpc) is 3.34. The Labute approximate surface area is 422 Å². The Bertz CT molecular complexity index is 1160. The van der Waals surface area contributed by atoms with Gasteiger partial charge in [-0.1, -0.05) is 261 Å². The van der Waals surface area contributed by atoms with E-state index < -0.39 is 36.9 Å². The van der Waals surface area contributed by atoms with Crippen molar-refractivity contribution in [2.45, 2.75) is 321 Å². The van der Waals surface area contributed by atoms with Crippen molar-refractivity contribution in [1.29, 1.82) is 0 Å². The summed E-state index contributed by atoms with van der Waals surface area (Å²) in [6.07, 6.45) is 73.0. The summed E-state index contributed by atoms with van der Waals surface area (Å²) >= 11 is 0. The molecule has 0 heterocycles. The molecule has 0 bridgehead atoms. The Morgan fingerprint density at radius 2 is 0.662 bits per heavy atom. The van der Waals surface area contributed by atoms with Crippen molar-refractivity contribution >= 4 is 5.91 Å². The van der Waals surface area contributed by atoms with Gasteiger partial charge in [-0.2, -0.15) is 0 Å². The SMILES string of the molecule is CCCCCCC/C=C/CC/C=C/CC/C=C/CCCC(O)C(O)C(CO)NC(=O)C(O)CCCCCCCCCCCCCCCCCC/C=C\C/C=C\CCCCCCCCCCCCC. The quantitative estimate of drug-likeness (QED) is 0.0308. The molecule has 5 N–H and O–H groups in total. The van der Waals surface area contributed by atoms with Gasteiger partial charge in [0.1, 0.15) is 12.2 Å². The van der Waals surface area contributed by atoms with Gasteiger partial charge in [0, 0.05) is 0 Å². The molecule has 6 heteroatoms. The number of aliphatic hydroxyl groups is 4. The number of hydrogen-bond donors (Lipinski definition) is 5. The van der Waals surface area contributed by atoms with Crippen LogP contribution in [0.1, 0.15) is 296 Å². The predicted molar refractivity (Wildman–Crippen MR) is 297 cm³/mol. The Morgan fingerprint density at radius 3 is 1.01 bits per heavy atom. The topological polar surface area (TPSA) is 110 Å². The third kappa shape index (κ3) is 49.0. The first-order chi connectivity index (χ1) is 33.5. The second-order valence-corrected chi connectivity index (χ2v) is 20.3. The van der Waals surface area contributed by atoms with Gasteiger partial charge in [0.05, 0.1) is 18.8 Å². The summed E-state index contributed by atoms with van der Waals surface area (Å²) in [7, 11) is 0. The molecule has 0 saturated heterocycles. The molecule has 0 aromatic carbocycles. The van der Waals surface area contributed by atoms with Gasteiger partial charge in [0.15, 0.2) is 0 Å². The van der Waals surface area contributed by atoms with Crippen LogP contribution in [0.25, 0.3) is 0 Å². The Balaban J connectivity index is 3.63. The molecule has 0 aliphatic heterocycles. The van der Waals surface area contributed by atoms with Crippen molar-refractivity contribution in [2.24, 2.45) is 0 Å². The lowest BCUT2D eigenvalue weighted by atomic mass is 10.00. The van der Waals surface area contributed by atoms with Crippen LogP contribution in [0.3, 0.4) is 0 Å². The highest BCUT2D eigenvalue weighted by molar-refractivity contribution is 5.80. The molecule has 4 atom stereocenters. The Hall–Kier alpha value is -1.99. The Kier molecular flexibility index (Phi) is 54.3. The largest absolute Gasteiger partial charge is 0.394 e. The molecule has 0 rings (SSSR count). The highest BCUT2D eigenvalue weighted by Gasteiger charge is 2.28. The average molecular weight is 955 g/mol. The van der Waals surface area contributed by atoms with Gasteiger partial charge in [-0.05, 0) is 96.3 Å². The number of aliphatic hydroxyl groups excluding tert-OH is 4. The van der Waals surface area contributed by atoms with Gasteiger partial charge in [-0.15, -0.1) is 0 Å². The molecule has 0 aliphatic rings. The van der Waals surface area contributed by atoms with Crippen molar-refractivity contribution < 1.29 is 25.2 Å². The maximum atomic E-state index is 12.6. The number of nitrogens with one attached hydrogen (secondary N) is 1. The third-order valence-electron chi connectivity index (χ3n) is 13.7. The second-order valence-electron chi connectivity index (χ2n) is 20.3.